The van der Waals surface area contributed by atoms with E-state index in [1.807, 2.05) is 6.07 Å². The third-order valence-electron chi connectivity index (χ3n) is 2.75. The summed E-state index contributed by atoms with van der Waals surface area (Å²) in [5.41, 5.74) is 2.34. The number of ether oxygens (including phenoxy) is 2. The Morgan fingerprint density at radius 3 is 2.47 bits per heavy atom. The lowest BCUT2D eigenvalue weighted by Gasteiger charge is -2.11. The lowest BCUT2D eigenvalue weighted by Crippen LogP contribution is -2.06. The molecule has 1 aliphatic carbocycles. The summed E-state index contributed by atoms with van der Waals surface area (Å²) in [6, 6.07) is 6.16. The Morgan fingerprint density at radius 1 is 1.20 bits per heavy atom. The largest absolute Gasteiger partial charge is 0.467 e. The Balaban J connectivity index is 1.80. The number of aryl methyl sites for hydroxylation is 2. The normalized spacial score (nSPS) is 15.3. The molecule has 0 radical (unpaired) electrons. The third-order valence-corrected chi connectivity index (χ3v) is 2.75. The van der Waals surface area contributed by atoms with Crippen molar-refractivity contribution in [2.45, 2.75) is 26.7 Å². The summed E-state index contributed by atoms with van der Waals surface area (Å²) in [6.45, 7) is 5.35. The van der Waals surface area contributed by atoms with Gasteiger partial charge in [0.1, 0.15) is 5.75 Å². The fourth-order valence-corrected chi connectivity index (χ4v) is 1.63. The fraction of sp³-hybridized carbons (Fsp3) is 0.538. The zero-order chi connectivity index (χ0) is 10.7. The Labute approximate surface area is 91.2 Å². The van der Waals surface area contributed by atoms with Gasteiger partial charge in [-0.3, -0.25) is 0 Å². The van der Waals surface area contributed by atoms with Crippen LogP contribution in [0.3, 0.4) is 0 Å². The van der Waals surface area contributed by atoms with E-state index in [1.54, 1.807) is 0 Å². The molecule has 2 nitrogen and oxygen atoms in total. The molecule has 0 unspecified atom stereocenters. The van der Waals surface area contributed by atoms with E-state index in [0.717, 1.165) is 18.3 Å². The molecular formula is C13H18O2. The molecule has 0 bridgehead atoms. The first kappa shape index (κ1) is 10.5. The topological polar surface area (TPSA) is 18.5 Å². The van der Waals surface area contributed by atoms with Crippen LogP contribution in [-0.2, 0) is 4.74 Å². The second-order valence-corrected chi connectivity index (χ2v) is 4.30. The molecule has 82 valence electrons. The zero-order valence-corrected chi connectivity index (χ0v) is 9.45. The van der Waals surface area contributed by atoms with E-state index in [9.17, 15) is 0 Å². The molecule has 0 spiro atoms. The van der Waals surface area contributed by atoms with Crippen molar-refractivity contribution in [3.8, 4) is 5.75 Å². The van der Waals surface area contributed by atoms with Crippen molar-refractivity contribution in [2.24, 2.45) is 5.92 Å². The van der Waals surface area contributed by atoms with E-state index in [2.05, 4.69) is 26.0 Å². The van der Waals surface area contributed by atoms with Crippen molar-refractivity contribution in [1.82, 2.24) is 0 Å². The van der Waals surface area contributed by atoms with Crippen LogP contribution in [0, 0.1) is 19.8 Å². The average molecular weight is 206 g/mol. The number of hydrogen-bond donors (Lipinski definition) is 0. The second-order valence-electron chi connectivity index (χ2n) is 4.30. The van der Waals surface area contributed by atoms with Gasteiger partial charge in [-0.05, 0) is 43.7 Å². The maximum Gasteiger partial charge on any atom is 0.189 e. The fourth-order valence-electron chi connectivity index (χ4n) is 1.63. The molecule has 0 aromatic heterocycles. The standard InChI is InChI=1S/C13H18O2/c1-10-4-3-5-11(2)13(10)15-9-14-8-12-6-7-12/h3-5,12H,6-9H2,1-2H3. The highest BCUT2D eigenvalue weighted by molar-refractivity contribution is 5.39. The van der Waals surface area contributed by atoms with Gasteiger partial charge in [-0.25, -0.2) is 0 Å². The quantitative estimate of drug-likeness (QED) is 0.544. The maximum absolute atomic E-state index is 5.62. The SMILES string of the molecule is Cc1cccc(C)c1OCOCC1CC1. The first-order valence-corrected chi connectivity index (χ1v) is 5.54. The van der Waals surface area contributed by atoms with E-state index < -0.39 is 0 Å². The molecule has 0 heterocycles. The van der Waals surface area contributed by atoms with Crippen LogP contribution in [0.5, 0.6) is 5.75 Å². The lowest BCUT2D eigenvalue weighted by molar-refractivity contribution is 0.00924. The van der Waals surface area contributed by atoms with Crippen molar-refractivity contribution in [3.63, 3.8) is 0 Å². The van der Waals surface area contributed by atoms with E-state index in [0.29, 0.717) is 6.79 Å². The molecule has 0 atom stereocenters. The highest BCUT2D eigenvalue weighted by Gasteiger charge is 2.21. The Bertz CT molecular complexity index is 309. The molecule has 1 fully saturated rings. The molecule has 0 N–H and O–H groups in total. The molecule has 0 amide bonds. The van der Waals surface area contributed by atoms with Gasteiger partial charge in [0, 0.05) is 0 Å². The van der Waals surface area contributed by atoms with Gasteiger partial charge in [0.2, 0.25) is 0 Å². The Hall–Kier alpha value is -1.02. The van der Waals surface area contributed by atoms with E-state index >= 15 is 0 Å². The molecule has 2 rings (SSSR count). The zero-order valence-electron chi connectivity index (χ0n) is 9.45. The average Bonchev–Trinajstić information content (AvgIpc) is 3.00. The van der Waals surface area contributed by atoms with Crippen LogP contribution in [0.15, 0.2) is 18.2 Å². The van der Waals surface area contributed by atoms with Crippen molar-refractivity contribution in [1.29, 1.82) is 0 Å². The number of para-hydroxylation sites is 1. The smallest absolute Gasteiger partial charge is 0.189 e. The van der Waals surface area contributed by atoms with Crippen molar-refractivity contribution in [2.75, 3.05) is 13.4 Å². The third kappa shape index (κ3) is 2.96. The Morgan fingerprint density at radius 2 is 1.87 bits per heavy atom. The molecule has 15 heavy (non-hydrogen) atoms. The van der Waals surface area contributed by atoms with Gasteiger partial charge in [0.25, 0.3) is 0 Å². The summed E-state index contributed by atoms with van der Waals surface area (Å²) in [5, 5.41) is 0. The number of benzene rings is 1. The van der Waals surface area contributed by atoms with Crippen molar-refractivity contribution < 1.29 is 9.47 Å². The summed E-state index contributed by atoms with van der Waals surface area (Å²) >= 11 is 0. The molecule has 1 aliphatic rings. The van der Waals surface area contributed by atoms with Crippen LogP contribution in [0.2, 0.25) is 0 Å². The van der Waals surface area contributed by atoms with E-state index in [-0.39, 0.29) is 0 Å². The maximum atomic E-state index is 5.62. The second kappa shape index (κ2) is 4.67. The first-order valence-electron chi connectivity index (χ1n) is 5.54. The predicted octanol–water partition coefficient (Wildman–Crippen LogP) is 3.07. The van der Waals surface area contributed by atoms with Crippen LogP contribution in [-0.4, -0.2) is 13.4 Å². The van der Waals surface area contributed by atoms with Crippen LogP contribution >= 0.6 is 0 Å². The summed E-state index contributed by atoms with van der Waals surface area (Å²) in [7, 11) is 0. The molecule has 1 aromatic carbocycles. The minimum Gasteiger partial charge on any atom is -0.467 e. The first-order chi connectivity index (χ1) is 7.27. The summed E-state index contributed by atoms with van der Waals surface area (Å²) in [4.78, 5) is 0. The van der Waals surface area contributed by atoms with Crippen LogP contribution in [0.25, 0.3) is 0 Å². The summed E-state index contributed by atoms with van der Waals surface area (Å²) in [6.07, 6.45) is 2.65. The highest BCUT2D eigenvalue weighted by atomic mass is 16.7. The monoisotopic (exact) mass is 206 g/mol. The van der Waals surface area contributed by atoms with Crippen LogP contribution in [0.4, 0.5) is 0 Å². The molecule has 1 saturated carbocycles. The highest BCUT2D eigenvalue weighted by Crippen LogP contribution is 2.29. The van der Waals surface area contributed by atoms with Gasteiger partial charge in [-0.2, -0.15) is 0 Å². The molecule has 1 aromatic rings. The van der Waals surface area contributed by atoms with Crippen molar-refractivity contribution in [3.05, 3.63) is 29.3 Å². The summed E-state index contributed by atoms with van der Waals surface area (Å²) in [5.74, 6) is 1.76. The van der Waals surface area contributed by atoms with Crippen molar-refractivity contribution >= 4 is 0 Å². The Kier molecular flexibility index (Phi) is 3.27. The van der Waals surface area contributed by atoms with E-state index in [1.165, 1.54) is 24.0 Å². The number of rotatable bonds is 5. The van der Waals surface area contributed by atoms with Crippen LogP contribution in [0.1, 0.15) is 24.0 Å². The van der Waals surface area contributed by atoms with Gasteiger partial charge in [-0.15, -0.1) is 0 Å². The molecule has 2 heteroatoms. The van der Waals surface area contributed by atoms with Gasteiger partial charge < -0.3 is 9.47 Å². The minimum atomic E-state index is 0.377. The van der Waals surface area contributed by atoms with Gasteiger partial charge in [-0.1, -0.05) is 18.2 Å². The molecule has 0 saturated heterocycles. The van der Waals surface area contributed by atoms with Gasteiger partial charge in [0.05, 0.1) is 6.61 Å². The van der Waals surface area contributed by atoms with Gasteiger partial charge in [0.15, 0.2) is 6.79 Å². The van der Waals surface area contributed by atoms with E-state index in [4.69, 9.17) is 9.47 Å². The van der Waals surface area contributed by atoms with Gasteiger partial charge >= 0.3 is 0 Å². The predicted molar refractivity (Wildman–Crippen MR) is 60.1 cm³/mol. The molecular weight excluding hydrogens is 188 g/mol. The minimum absolute atomic E-state index is 0.377. The molecule has 0 aliphatic heterocycles. The van der Waals surface area contributed by atoms with Crippen LogP contribution < -0.4 is 4.74 Å². The lowest BCUT2D eigenvalue weighted by atomic mass is 10.1. The summed E-state index contributed by atoms with van der Waals surface area (Å²) < 4.78 is 11.1. The number of hydrogen-bond acceptors (Lipinski definition) is 2.